The van der Waals surface area contributed by atoms with Crippen LogP contribution in [0.2, 0.25) is 5.02 Å². The van der Waals surface area contributed by atoms with Gasteiger partial charge in [0.25, 0.3) is 0 Å². The van der Waals surface area contributed by atoms with Crippen molar-refractivity contribution in [1.82, 2.24) is 10.1 Å². The predicted octanol–water partition coefficient (Wildman–Crippen LogP) is 2.60. The molecule has 0 fully saturated rings. The van der Waals surface area contributed by atoms with Gasteiger partial charge in [0.15, 0.2) is 11.5 Å². The van der Waals surface area contributed by atoms with Gasteiger partial charge < -0.3 is 19.7 Å². The molecule has 0 saturated carbocycles. The van der Waals surface area contributed by atoms with Crippen LogP contribution in [0, 0.1) is 0 Å². The maximum Gasteiger partial charge on any atom is 0.246 e. The Labute approximate surface area is 121 Å². The SMILES string of the molecule is COc1cc(-c2noc(C(C)(C)N)n2)cc(Cl)c1OC. The largest absolute Gasteiger partial charge is 0.493 e. The molecule has 0 aliphatic carbocycles. The first-order valence-electron chi connectivity index (χ1n) is 5.91. The van der Waals surface area contributed by atoms with E-state index in [4.69, 9.17) is 31.3 Å². The molecule has 108 valence electrons. The van der Waals surface area contributed by atoms with Crippen LogP contribution in [0.25, 0.3) is 11.4 Å². The van der Waals surface area contributed by atoms with Crippen molar-refractivity contribution < 1.29 is 14.0 Å². The van der Waals surface area contributed by atoms with Crippen LogP contribution in [0.5, 0.6) is 11.5 Å². The van der Waals surface area contributed by atoms with Crippen molar-refractivity contribution in [2.24, 2.45) is 5.73 Å². The summed E-state index contributed by atoms with van der Waals surface area (Å²) in [7, 11) is 3.05. The molecule has 0 unspecified atom stereocenters. The highest BCUT2D eigenvalue weighted by Crippen LogP contribution is 2.38. The third-order valence-corrected chi connectivity index (χ3v) is 2.95. The Morgan fingerprint density at radius 2 is 1.95 bits per heavy atom. The molecule has 2 rings (SSSR count). The molecule has 0 aliphatic heterocycles. The minimum atomic E-state index is -0.703. The third-order valence-electron chi connectivity index (χ3n) is 2.67. The molecule has 0 atom stereocenters. The molecular formula is C13H16ClN3O3. The number of ether oxygens (including phenoxy) is 2. The predicted molar refractivity (Wildman–Crippen MR) is 75.1 cm³/mol. The number of nitrogens with zero attached hydrogens (tertiary/aromatic N) is 2. The molecule has 1 aromatic carbocycles. The standard InChI is InChI=1S/C13H16ClN3O3/c1-13(2,15)12-16-11(17-20-12)7-5-8(14)10(19-4)9(6-7)18-3/h5-6H,15H2,1-4H3. The van der Waals surface area contributed by atoms with Gasteiger partial charge in [-0.3, -0.25) is 0 Å². The Morgan fingerprint density at radius 1 is 1.25 bits per heavy atom. The second-order valence-corrected chi connectivity index (χ2v) is 5.25. The van der Waals surface area contributed by atoms with E-state index in [1.54, 1.807) is 26.0 Å². The third kappa shape index (κ3) is 2.71. The summed E-state index contributed by atoms with van der Waals surface area (Å²) in [4.78, 5) is 4.27. The zero-order valence-corrected chi connectivity index (χ0v) is 12.5. The summed E-state index contributed by atoms with van der Waals surface area (Å²) in [5.41, 5.74) is 5.87. The van der Waals surface area contributed by atoms with E-state index in [2.05, 4.69) is 10.1 Å². The van der Waals surface area contributed by atoms with Gasteiger partial charge in [-0.1, -0.05) is 16.8 Å². The van der Waals surface area contributed by atoms with Crippen molar-refractivity contribution >= 4 is 11.6 Å². The van der Waals surface area contributed by atoms with Crippen LogP contribution in [-0.2, 0) is 5.54 Å². The summed E-state index contributed by atoms with van der Waals surface area (Å²) in [6.07, 6.45) is 0. The van der Waals surface area contributed by atoms with Gasteiger partial charge in [0.2, 0.25) is 11.7 Å². The molecule has 0 saturated heterocycles. The number of benzene rings is 1. The van der Waals surface area contributed by atoms with Crippen LogP contribution < -0.4 is 15.2 Å². The summed E-state index contributed by atoms with van der Waals surface area (Å²) in [6, 6.07) is 3.41. The second-order valence-electron chi connectivity index (χ2n) is 4.84. The highest BCUT2D eigenvalue weighted by Gasteiger charge is 2.23. The van der Waals surface area contributed by atoms with E-state index >= 15 is 0 Å². The van der Waals surface area contributed by atoms with E-state index < -0.39 is 5.54 Å². The first-order chi connectivity index (χ1) is 9.36. The quantitative estimate of drug-likeness (QED) is 0.934. The lowest BCUT2D eigenvalue weighted by Crippen LogP contribution is -2.28. The zero-order chi connectivity index (χ0) is 14.9. The summed E-state index contributed by atoms with van der Waals surface area (Å²) in [6.45, 7) is 3.57. The van der Waals surface area contributed by atoms with Crippen LogP contribution in [-0.4, -0.2) is 24.4 Å². The van der Waals surface area contributed by atoms with Crippen molar-refractivity contribution in [1.29, 1.82) is 0 Å². The molecule has 2 N–H and O–H groups in total. The van der Waals surface area contributed by atoms with Crippen LogP contribution >= 0.6 is 11.6 Å². The molecule has 0 radical (unpaired) electrons. The van der Waals surface area contributed by atoms with Crippen LogP contribution in [0.15, 0.2) is 16.7 Å². The number of nitrogens with two attached hydrogens (primary N) is 1. The van der Waals surface area contributed by atoms with E-state index in [0.717, 1.165) is 0 Å². The fourth-order valence-electron chi connectivity index (χ4n) is 1.65. The molecule has 0 spiro atoms. The lowest BCUT2D eigenvalue weighted by atomic mass is 10.1. The Kier molecular flexibility index (Phi) is 3.87. The number of rotatable bonds is 4. The Morgan fingerprint density at radius 3 is 2.45 bits per heavy atom. The summed E-state index contributed by atoms with van der Waals surface area (Å²) in [5.74, 6) is 1.69. The van der Waals surface area contributed by atoms with E-state index in [1.807, 2.05) is 0 Å². The topological polar surface area (TPSA) is 83.4 Å². The number of methoxy groups -OCH3 is 2. The van der Waals surface area contributed by atoms with Gasteiger partial charge in [-0.15, -0.1) is 0 Å². The summed E-state index contributed by atoms with van der Waals surface area (Å²) >= 11 is 6.14. The van der Waals surface area contributed by atoms with E-state index in [9.17, 15) is 0 Å². The van der Waals surface area contributed by atoms with Gasteiger partial charge in [-0.05, 0) is 26.0 Å². The van der Waals surface area contributed by atoms with Gasteiger partial charge in [0.05, 0.1) is 24.8 Å². The molecule has 6 nitrogen and oxygen atoms in total. The van der Waals surface area contributed by atoms with Gasteiger partial charge >= 0.3 is 0 Å². The molecule has 7 heteroatoms. The molecule has 20 heavy (non-hydrogen) atoms. The average molecular weight is 298 g/mol. The van der Waals surface area contributed by atoms with Crippen LogP contribution in [0.1, 0.15) is 19.7 Å². The van der Waals surface area contributed by atoms with E-state index in [1.165, 1.54) is 14.2 Å². The van der Waals surface area contributed by atoms with Crippen molar-refractivity contribution in [2.45, 2.75) is 19.4 Å². The van der Waals surface area contributed by atoms with Crippen molar-refractivity contribution in [2.75, 3.05) is 14.2 Å². The molecule has 0 bridgehead atoms. The van der Waals surface area contributed by atoms with Crippen molar-refractivity contribution in [3.05, 3.63) is 23.0 Å². The normalized spacial score (nSPS) is 11.5. The highest BCUT2D eigenvalue weighted by molar-refractivity contribution is 6.32. The van der Waals surface area contributed by atoms with Crippen molar-refractivity contribution in [3.63, 3.8) is 0 Å². The highest BCUT2D eigenvalue weighted by atomic mass is 35.5. The van der Waals surface area contributed by atoms with E-state index in [-0.39, 0.29) is 0 Å². The first kappa shape index (κ1) is 14.6. The maximum atomic E-state index is 6.14. The zero-order valence-electron chi connectivity index (χ0n) is 11.7. The van der Waals surface area contributed by atoms with Crippen LogP contribution in [0.3, 0.4) is 0 Å². The lowest BCUT2D eigenvalue weighted by molar-refractivity contribution is 0.312. The Balaban J connectivity index is 2.48. The molecular weight excluding hydrogens is 282 g/mol. The molecule has 1 heterocycles. The van der Waals surface area contributed by atoms with E-state index in [0.29, 0.717) is 33.8 Å². The summed E-state index contributed by atoms with van der Waals surface area (Å²) < 4.78 is 15.6. The first-order valence-corrected chi connectivity index (χ1v) is 6.29. The Bertz CT molecular complexity index is 620. The number of hydrogen-bond donors (Lipinski definition) is 1. The second kappa shape index (κ2) is 5.30. The maximum absolute atomic E-state index is 6.14. The average Bonchev–Trinajstić information content (AvgIpc) is 2.87. The Hall–Kier alpha value is -1.79. The van der Waals surface area contributed by atoms with Gasteiger partial charge in [-0.25, -0.2) is 0 Å². The van der Waals surface area contributed by atoms with Crippen molar-refractivity contribution in [3.8, 4) is 22.9 Å². The fourth-order valence-corrected chi connectivity index (χ4v) is 1.94. The fraction of sp³-hybridized carbons (Fsp3) is 0.385. The monoisotopic (exact) mass is 297 g/mol. The minimum Gasteiger partial charge on any atom is -0.493 e. The molecule has 0 amide bonds. The van der Waals surface area contributed by atoms with Gasteiger partial charge in [-0.2, -0.15) is 4.98 Å². The number of aromatic nitrogens is 2. The van der Waals surface area contributed by atoms with Crippen LogP contribution in [0.4, 0.5) is 0 Å². The van der Waals surface area contributed by atoms with Gasteiger partial charge in [0.1, 0.15) is 0 Å². The lowest BCUT2D eigenvalue weighted by Gasteiger charge is -2.11. The summed E-state index contributed by atoms with van der Waals surface area (Å²) in [5, 5.41) is 4.31. The number of halogens is 1. The minimum absolute atomic E-state index is 0.346. The molecule has 2 aromatic rings. The smallest absolute Gasteiger partial charge is 0.246 e. The molecule has 0 aliphatic rings. The molecule has 1 aromatic heterocycles. The van der Waals surface area contributed by atoms with Gasteiger partial charge in [0, 0.05) is 5.56 Å². The number of hydrogen-bond acceptors (Lipinski definition) is 6.